The molecule has 1 unspecified atom stereocenters. The van der Waals surface area contributed by atoms with Gasteiger partial charge in [-0.15, -0.1) is 0 Å². The van der Waals surface area contributed by atoms with Crippen LogP contribution in [0.3, 0.4) is 0 Å². The van der Waals surface area contributed by atoms with Gasteiger partial charge in [0.15, 0.2) is 5.75 Å². The van der Waals surface area contributed by atoms with Crippen molar-refractivity contribution in [1.29, 1.82) is 0 Å². The van der Waals surface area contributed by atoms with Gasteiger partial charge in [0.1, 0.15) is 0 Å². The third kappa shape index (κ3) is 4.51. The zero-order chi connectivity index (χ0) is 14.6. The Hall–Kier alpha value is -0.520. The Balaban J connectivity index is 2.87. The Labute approximate surface area is 130 Å². The molecule has 1 rings (SSSR count). The second-order valence-electron chi connectivity index (χ2n) is 4.47. The van der Waals surface area contributed by atoms with Crippen LogP contribution in [0.25, 0.3) is 0 Å². The molecule has 0 bridgehead atoms. The SMILES string of the molecule is CC(C)C(CBr)COc1c(Cl)cc([N+](=O)[O-])cc1Cl. The van der Waals surface area contributed by atoms with Crippen molar-refractivity contribution in [2.24, 2.45) is 11.8 Å². The summed E-state index contributed by atoms with van der Waals surface area (Å²) >= 11 is 15.3. The molecule has 0 aliphatic carbocycles. The first kappa shape index (κ1) is 16.5. The zero-order valence-corrected chi connectivity index (χ0v) is 13.6. The molecule has 0 aromatic heterocycles. The van der Waals surface area contributed by atoms with E-state index in [4.69, 9.17) is 27.9 Å². The number of nitro benzene ring substituents is 1. The monoisotopic (exact) mass is 369 g/mol. The molecule has 0 saturated heterocycles. The fraction of sp³-hybridized carbons (Fsp3) is 0.500. The first-order valence-corrected chi connectivity index (χ1v) is 7.56. The van der Waals surface area contributed by atoms with Gasteiger partial charge < -0.3 is 4.74 Å². The highest BCUT2D eigenvalue weighted by Crippen LogP contribution is 2.37. The highest BCUT2D eigenvalue weighted by molar-refractivity contribution is 9.09. The third-order valence-corrected chi connectivity index (χ3v) is 4.17. The largest absolute Gasteiger partial charge is 0.490 e. The van der Waals surface area contributed by atoms with Crippen molar-refractivity contribution in [3.63, 3.8) is 0 Å². The molecule has 106 valence electrons. The number of halogens is 3. The molecule has 19 heavy (non-hydrogen) atoms. The van der Waals surface area contributed by atoms with Crippen molar-refractivity contribution in [3.05, 3.63) is 32.3 Å². The van der Waals surface area contributed by atoms with Crippen molar-refractivity contribution in [2.75, 3.05) is 11.9 Å². The first-order chi connectivity index (χ1) is 8.86. The maximum absolute atomic E-state index is 10.7. The Bertz CT molecular complexity index is 445. The standard InChI is InChI=1S/C12H14BrCl2NO3/c1-7(2)8(5-13)6-19-12-10(14)3-9(16(17)18)4-11(12)15/h3-4,7-8H,5-6H2,1-2H3. The quantitative estimate of drug-likeness (QED) is 0.404. The van der Waals surface area contributed by atoms with Crippen LogP contribution >= 0.6 is 39.1 Å². The molecule has 1 atom stereocenters. The molecule has 0 spiro atoms. The van der Waals surface area contributed by atoms with Gasteiger partial charge in [-0.3, -0.25) is 10.1 Å². The van der Waals surface area contributed by atoms with E-state index in [0.29, 0.717) is 24.2 Å². The van der Waals surface area contributed by atoms with Crippen molar-refractivity contribution in [1.82, 2.24) is 0 Å². The molecule has 0 radical (unpaired) electrons. The van der Waals surface area contributed by atoms with E-state index in [2.05, 4.69) is 29.8 Å². The van der Waals surface area contributed by atoms with Gasteiger partial charge in [0.25, 0.3) is 5.69 Å². The molecule has 0 fully saturated rings. The summed E-state index contributed by atoms with van der Waals surface area (Å²) in [6.45, 7) is 4.63. The Kier molecular flexibility index (Phi) is 6.36. The summed E-state index contributed by atoms with van der Waals surface area (Å²) < 4.78 is 5.60. The predicted octanol–water partition coefficient (Wildman–Crippen LogP) is 4.95. The maximum atomic E-state index is 10.7. The lowest BCUT2D eigenvalue weighted by atomic mass is 9.99. The lowest BCUT2D eigenvalue weighted by Crippen LogP contribution is -2.19. The number of ether oxygens (including phenoxy) is 1. The van der Waals surface area contributed by atoms with Gasteiger partial charge >= 0.3 is 0 Å². The lowest BCUT2D eigenvalue weighted by molar-refractivity contribution is -0.384. The molecule has 4 nitrogen and oxygen atoms in total. The number of nitrogens with zero attached hydrogens (tertiary/aromatic N) is 1. The Morgan fingerprint density at radius 3 is 2.26 bits per heavy atom. The molecule has 0 N–H and O–H groups in total. The van der Waals surface area contributed by atoms with Gasteiger partial charge in [-0.25, -0.2) is 0 Å². The van der Waals surface area contributed by atoms with Crippen molar-refractivity contribution < 1.29 is 9.66 Å². The molecule has 0 heterocycles. The first-order valence-electron chi connectivity index (χ1n) is 5.69. The molecule has 1 aromatic carbocycles. The van der Waals surface area contributed by atoms with E-state index in [1.165, 1.54) is 12.1 Å². The van der Waals surface area contributed by atoms with Crippen molar-refractivity contribution >= 4 is 44.8 Å². The zero-order valence-electron chi connectivity index (χ0n) is 10.5. The van der Waals surface area contributed by atoms with Crippen LogP contribution < -0.4 is 4.74 Å². The van der Waals surface area contributed by atoms with Gasteiger partial charge in [0, 0.05) is 23.4 Å². The Morgan fingerprint density at radius 2 is 1.89 bits per heavy atom. The molecule has 0 aliphatic rings. The van der Waals surface area contributed by atoms with Crippen LogP contribution in [0.1, 0.15) is 13.8 Å². The second-order valence-corrected chi connectivity index (χ2v) is 5.93. The minimum Gasteiger partial charge on any atom is -0.490 e. The lowest BCUT2D eigenvalue weighted by Gasteiger charge is -2.19. The van der Waals surface area contributed by atoms with Gasteiger partial charge in [-0.2, -0.15) is 0 Å². The normalized spacial score (nSPS) is 12.5. The van der Waals surface area contributed by atoms with E-state index >= 15 is 0 Å². The number of rotatable bonds is 6. The summed E-state index contributed by atoms with van der Waals surface area (Å²) in [5, 5.41) is 11.8. The van der Waals surface area contributed by atoms with Crippen LogP contribution in [0.4, 0.5) is 5.69 Å². The summed E-state index contributed by atoms with van der Waals surface area (Å²) in [4.78, 5) is 10.1. The number of non-ortho nitro benzene ring substituents is 1. The number of hydrogen-bond donors (Lipinski definition) is 0. The minimum absolute atomic E-state index is 0.149. The fourth-order valence-corrected chi connectivity index (χ4v) is 2.91. The number of alkyl halides is 1. The van der Waals surface area contributed by atoms with E-state index < -0.39 is 4.92 Å². The average molecular weight is 371 g/mol. The second kappa shape index (κ2) is 7.31. The highest BCUT2D eigenvalue weighted by atomic mass is 79.9. The van der Waals surface area contributed by atoms with Gasteiger partial charge in [0.05, 0.1) is 21.6 Å². The van der Waals surface area contributed by atoms with E-state index in [1.54, 1.807) is 0 Å². The molecule has 7 heteroatoms. The van der Waals surface area contributed by atoms with Crippen LogP contribution in [0.2, 0.25) is 10.0 Å². The van der Waals surface area contributed by atoms with E-state index in [-0.39, 0.29) is 15.7 Å². The van der Waals surface area contributed by atoms with E-state index in [1.807, 2.05) is 0 Å². The van der Waals surface area contributed by atoms with Crippen LogP contribution in [0, 0.1) is 22.0 Å². The van der Waals surface area contributed by atoms with Gasteiger partial charge in [0.2, 0.25) is 0 Å². The molecule has 0 saturated carbocycles. The summed E-state index contributed by atoms with van der Waals surface area (Å²) in [6, 6.07) is 2.47. The van der Waals surface area contributed by atoms with Crippen molar-refractivity contribution in [3.8, 4) is 5.75 Å². The summed E-state index contributed by atoms with van der Waals surface area (Å²) in [5.74, 6) is 1.04. The van der Waals surface area contributed by atoms with Crippen LogP contribution in [0.15, 0.2) is 12.1 Å². The maximum Gasteiger partial charge on any atom is 0.272 e. The van der Waals surface area contributed by atoms with Gasteiger partial charge in [-0.05, 0) is 5.92 Å². The predicted molar refractivity (Wildman–Crippen MR) is 80.7 cm³/mol. The summed E-state index contributed by atoms with van der Waals surface area (Å²) in [6.07, 6.45) is 0. The molecule has 0 amide bonds. The third-order valence-electron chi connectivity index (χ3n) is 2.78. The van der Waals surface area contributed by atoms with Crippen LogP contribution in [-0.2, 0) is 0 Å². The van der Waals surface area contributed by atoms with Crippen LogP contribution in [-0.4, -0.2) is 16.9 Å². The molecular weight excluding hydrogens is 357 g/mol. The van der Waals surface area contributed by atoms with Gasteiger partial charge in [-0.1, -0.05) is 53.0 Å². The van der Waals surface area contributed by atoms with Crippen LogP contribution in [0.5, 0.6) is 5.75 Å². The fourth-order valence-electron chi connectivity index (χ4n) is 1.40. The number of benzene rings is 1. The summed E-state index contributed by atoms with van der Waals surface area (Å²) in [7, 11) is 0. The van der Waals surface area contributed by atoms with E-state index in [9.17, 15) is 10.1 Å². The van der Waals surface area contributed by atoms with E-state index in [0.717, 1.165) is 5.33 Å². The molecule has 1 aromatic rings. The molecular formula is C12H14BrCl2NO3. The van der Waals surface area contributed by atoms with Crippen molar-refractivity contribution in [2.45, 2.75) is 13.8 Å². The topological polar surface area (TPSA) is 52.4 Å². The Morgan fingerprint density at radius 1 is 1.37 bits per heavy atom. The number of hydrogen-bond acceptors (Lipinski definition) is 3. The molecule has 0 aliphatic heterocycles. The average Bonchev–Trinajstić information content (AvgIpc) is 2.31. The smallest absolute Gasteiger partial charge is 0.272 e. The minimum atomic E-state index is -0.545. The number of nitro groups is 1. The highest BCUT2D eigenvalue weighted by Gasteiger charge is 2.18. The summed E-state index contributed by atoms with van der Waals surface area (Å²) in [5.41, 5.74) is -0.150.